The zero-order valence-electron chi connectivity index (χ0n) is 6.98. The van der Waals surface area contributed by atoms with Crippen LogP contribution in [0.15, 0.2) is 18.5 Å². The van der Waals surface area contributed by atoms with Gasteiger partial charge in [0, 0.05) is 12.4 Å². The van der Waals surface area contributed by atoms with Crippen molar-refractivity contribution in [2.24, 2.45) is 5.73 Å². The zero-order chi connectivity index (χ0) is 9.84. The Bertz CT molecular complexity index is 349. The minimum atomic E-state index is -0.678. The minimum Gasteiger partial charge on any atom is -0.465 e. The summed E-state index contributed by atoms with van der Waals surface area (Å²) in [4.78, 5) is 25.6. The maximum absolute atomic E-state index is 11.1. The van der Waals surface area contributed by atoms with Crippen LogP contribution in [0.5, 0.6) is 0 Å². The van der Waals surface area contributed by atoms with Crippen LogP contribution in [-0.2, 0) is 4.74 Å². The minimum absolute atomic E-state index is 0.0810. The van der Waals surface area contributed by atoms with E-state index >= 15 is 0 Å². The lowest BCUT2D eigenvalue weighted by molar-refractivity contribution is 0.0596. The second kappa shape index (κ2) is 3.66. The van der Waals surface area contributed by atoms with Crippen molar-refractivity contribution in [2.45, 2.75) is 0 Å². The third-order valence-corrected chi connectivity index (χ3v) is 1.49. The van der Waals surface area contributed by atoms with Gasteiger partial charge in [-0.15, -0.1) is 0 Å². The number of carbonyl (C=O) groups is 2. The van der Waals surface area contributed by atoms with Crippen molar-refractivity contribution in [3.63, 3.8) is 0 Å². The second-order valence-corrected chi connectivity index (χ2v) is 2.28. The van der Waals surface area contributed by atoms with Gasteiger partial charge in [0.25, 0.3) is 0 Å². The summed E-state index contributed by atoms with van der Waals surface area (Å²) in [5.74, 6) is -1.30. The Morgan fingerprint density at radius 1 is 1.46 bits per heavy atom. The van der Waals surface area contributed by atoms with Crippen LogP contribution in [0.1, 0.15) is 20.7 Å². The van der Waals surface area contributed by atoms with Crippen LogP contribution in [-0.4, -0.2) is 24.0 Å². The molecule has 1 amide bonds. The molecule has 0 saturated heterocycles. The van der Waals surface area contributed by atoms with Gasteiger partial charge in [0.05, 0.1) is 18.2 Å². The number of hydrogen-bond donors (Lipinski definition) is 1. The summed E-state index contributed by atoms with van der Waals surface area (Å²) in [6, 6.07) is 1.37. The summed E-state index contributed by atoms with van der Waals surface area (Å²) in [7, 11) is 1.22. The number of hydrogen-bond acceptors (Lipinski definition) is 4. The highest BCUT2D eigenvalue weighted by Crippen LogP contribution is 2.06. The van der Waals surface area contributed by atoms with Crippen LogP contribution in [0.25, 0.3) is 0 Å². The van der Waals surface area contributed by atoms with E-state index in [1.165, 1.54) is 25.6 Å². The third-order valence-electron chi connectivity index (χ3n) is 1.49. The number of nitrogens with two attached hydrogens (primary N) is 1. The van der Waals surface area contributed by atoms with Crippen molar-refractivity contribution >= 4 is 11.9 Å². The van der Waals surface area contributed by atoms with Crippen LogP contribution in [0.2, 0.25) is 0 Å². The second-order valence-electron chi connectivity index (χ2n) is 2.28. The van der Waals surface area contributed by atoms with E-state index in [1.807, 2.05) is 0 Å². The molecule has 1 aromatic rings. The Morgan fingerprint density at radius 2 is 2.15 bits per heavy atom. The number of amides is 1. The lowest BCUT2D eigenvalue weighted by Gasteiger charge is -2.02. The van der Waals surface area contributed by atoms with Crippen LogP contribution in [0.4, 0.5) is 0 Å². The molecule has 13 heavy (non-hydrogen) atoms. The number of carbonyl (C=O) groups excluding carboxylic acids is 2. The van der Waals surface area contributed by atoms with E-state index in [0.717, 1.165) is 0 Å². The van der Waals surface area contributed by atoms with Gasteiger partial charge >= 0.3 is 5.97 Å². The normalized spacial score (nSPS) is 9.31. The van der Waals surface area contributed by atoms with E-state index in [1.54, 1.807) is 0 Å². The SMILES string of the molecule is COC(=O)c1cnccc1C(N)=O. The Hall–Kier alpha value is -1.91. The molecule has 1 rings (SSSR count). The highest BCUT2D eigenvalue weighted by molar-refractivity contribution is 6.04. The third kappa shape index (κ3) is 1.81. The number of aromatic nitrogens is 1. The number of nitrogens with zero attached hydrogens (tertiary/aromatic N) is 1. The summed E-state index contributed by atoms with van der Waals surface area (Å²) in [5.41, 5.74) is 5.23. The molecule has 5 nitrogen and oxygen atoms in total. The topological polar surface area (TPSA) is 82.3 Å². The molecule has 0 bridgehead atoms. The molecule has 68 valence electrons. The summed E-state index contributed by atoms with van der Waals surface area (Å²) in [6.45, 7) is 0. The Labute approximate surface area is 74.5 Å². The molecular weight excluding hydrogens is 172 g/mol. The molecule has 0 atom stereocenters. The largest absolute Gasteiger partial charge is 0.465 e. The molecule has 1 aromatic heterocycles. The summed E-state index contributed by atoms with van der Waals surface area (Å²) in [6.07, 6.45) is 2.62. The van der Waals surface area contributed by atoms with Gasteiger partial charge in [-0.1, -0.05) is 0 Å². The van der Waals surface area contributed by atoms with Gasteiger partial charge in [-0.25, -0.2) is 4.79 Å². The molecule has 0 saturated carbocycles. The summed E-state index contributed by atoms with van der Waals surface area (Å²) < 4.78 is 4.44. The standard InChI is InChI=1S/C8H8N2O3/c1-13-8(12)6-4-10-3-2-5(6)7(9)11/h2-4H,1H3,(H2,9,11). The lowest BCUT2D eigenvalue weighted by Crippen LogP contribution is -2.17. The molecular formula is C8H8N2O3. The number of primary amides is 1. The molecule has 0 spiro atoms. The van der Waals surface area contributed by atoms with Crippen molar-refractivity contribution in [1.82, 2.24) is 4.98 Å². The number of esters is 1. The molecule has 0 aliphatic carbocycles. The van der Waals surface area contributed by atoms with Crippen molar-refractivity contribution in [2.75, 3.05) is 7.11 Å². The van der Waals surface area contributed by atoms with Crippen molar-refractivity contribution in [3.05, 3.63) is 29.6 Å². The van der Waals surface area contributed by atoms with Gasteiger partial charge in [0.1, 0.15) is 0 Å². The fourth-order valence-electron chi connectivity index (χ4n) is 0.882. The van der Waals surface area contributed by atoms with Crippen LogP contribution >= 0.6 is 0 Å². The Kier molecular flexibility index (Phi) is 2.59. The number of ether oxygens (including phenoxy) is 1. The molecule has 0 fully saturated rings. The number of rotatable bonds is 2. The van der Waals surface area contributed by atoms with Gasteiger partial charge in [0.15, 0.2) is 0 Å². The first-order valence-electron chi connectivity index (χ1n) is 3.49. The van der Waals surface area contributed by atoms with Crippen molar-refractivity contribution in [1.29, 1.82) is 0 Å². The van der Waals surface area contributed by atoms with Crippen molar-refractivity contribution < 1.29 is 14.3 Å². The van der Waals surface area contributed by atoms with E-state index in [2.05, 4.69) is 9.72 Å². The molecule has 0 aromatic carbocycles. The lowest BCUT2D eigenvalue weighted by atomic mass is 10.1. The van der Waals surface area contributed by atoms with Gasteiger partial charge in [0.2, 0.25) is 5.91 Å². The maximum Gasteiger partial charge on any atom is 0.340 e. The van der Waals surface area contributed by atoms with Gasteiger partial charge in [-0.05, 0) is 6.07 Å². The zero-order valence-corrected chi connectivity index (χ0v) is 6.98. The van der Waals surface area contributed by atoms with E-state index in [-0.39, 0.29) is 11.1 Å². The van der Waals surface area contributed by atoms with E-state index in [0.29, 0.717) is 0 Å². The highest BCUT2D eigenvalue weighted by Gasteiger charge is 2.14. The van der Waals surface area contributed by atoms with Crippen LogP contribution in [0, 0.1) is 0 Å². The monoisotopic (exact) mass is 180 g/mol. The van der Waals surface area contributed by atoms with Crippen LogP contribution < -0.4 is 5.73 Å². The quantitative estimate of drug-likeness (QED) is 0.647. The highest BCUT2D eigenvalue weighted by atomic mass is 16.5. The fourth-order valence-corrected chi connectivity index (χ4v) is 0.882. The van der Waals surface area contributed by atoms with E-state index < -0.39 is 11.9 Å². The average Bonchev–Trinajstić information content (AvgIpc) is 2.16. The molecule has 0 radical (unpaired) electrons. The van der Waals surface area contributed by atoms with Gasteiger partial charge in [-0.3, -0.25) is 9.78 Å². The maximum atomic E-state index is 11.1. The fraction of sp³-hybridized carbons (Fsp3) is 0.125. The molecule has 0 unspecified atom stereocenters. The average molecular weight is 180 g/mol. The predicted molar refractivity (Wildman–Crippen MR) is 44.1 cm³/mol. The molecule has 1 heterocycles. The van der Waals surface area contributed by atoms with Gasteiger partial charge in [-0.2, -0.15) is 0 Å². The summed E-state index contributed by atoms with van der Waals surface area (Å²) >= 11 is 0. The van der Waals surface area contributed by atoms with Crippen LogP contribution in [0.3, 0.4) is 0 Å². The smallest absolute Gasteiger partial charge is 0.340 e. The molecule has 0 aliphatic rings. The molecule has 2 N–H and O–H groups in total. The van der Waals surface area contributed by atoms with Crippen molar-refractivity contribution in [3.8, 4) is 0 Å². The number of pyridine rings is 1. The predicted octanol–water partition coefficient (Wildman–Crippen LogP) is -0.0329. The number of methoxy groups -OCH3 is 1. The molecule has 0 aliphatic heterocycles. The Balaban J connectivity index is 3.19. The van der Waals surface area contributed by atoms with Gasteiger partial charge < -0.3 is 10.5 Å². The molecule has 5 heteroatoms. The first kappa shape index (κ1) is 9.18. The summed E-state index contributed by atoms with van der Waals surface area (Å²) in [5, 5.41) is 0. The first-order valence-corrected chi connectivity index (χ1v) is 3.49. The first-order chi connectivity index (χ1) is 6.16. The van der Waals surface area contributed by atoms with E-state index in [4.69, 9.17) is 5.73 Å². The van der Waals surface area contributed by atoms with E-state index in [9.17, 15) is 9.59 Å². The Morgan fingerprint density at radius 3 is 2.69 bits per heavy atom.